The van der Waals surface area contributed by atoms with E-state index >= 15 is 0 Å². The van der Waals surface area contributed by atoms with E-state index in [0.29, 0.717) is 12.8 Å². The molecule has 0 aromatic heterocycles. The van der Waals surface area contributed by atoms with Crippen molar-refractivity contribution in [2.75, 3.05) is 19.8 Å². The molecule has 2 aliphatic rings. The van der Waals surface area contributed by atoms with E-state index in [0.717, 1.165) is 38.5 Å². The molecule has 0 aromatic rings. The fraction of sp³-hybridized carbons (Fsp3) is 0.897. The summed E-state index contributed by atoms with van der Waals surface area (Å²) in [6.07, 6.45) is 79.4. The van der Waals surface area contributed by atoms with Crippen molar-refractivity contribution in [2.45, 2.75) is 479 Å². The Labute approximate surface area is 620 Å². The average Bonchev–Trinajstić information content (AvgIpc) is 0.792. The maximum absolute atomic E-state index is 13.4. The fourth-order valence-electron chi connectivity index (χ4n) is 14.4. The van der Waals surface area contributed by atoms with Gasteiger partial charge in [-0.25, -0.2) is 0 Å². The quantitative estimate of drug-likeness (QED) is 0.0204. The van der Waals surface area contributed by atoms with Gasteiger partial charge in [0.15, 0.2) is 12.6 Å². The highest BCUT2D eigenvalue weighted by Crippen LogP contribution is 2.30. The molecule has 0 aromatic carbocycles. The zero-order chi connectivity index (χ0) is 73.0. The van der Waals surface area contributed by atoms with Crippen LogP contribution in [-0.2, 0) is 23.7 Å². The first kappa shape index (κ1) is 95.0. The number of carbonyl (C=O) groups is 1. The molecule has 9 N–H and O–H groups in total. The first-order valence-electron chi connectivity index (χ1n) is 43.4. The molecule has 0 aliphatic carbocycles. The summed E-state index contributed by atoms with van der Waals surface area (Å²) in [5.41, 5.74) is 0. The van der Waals surface area contributed by atoms with Crippen LogP contribution in [0, 0.1) is 0 Å². The SMILES string of the molecule is CCCCCCC/C=C\C/C=C\CCCCCCCCCCCCCCCCCCCCCCCCCCCC(=O)NC(COC1OC(CO)C(OC2OC(CO)C(O)C(O)C2O)C(O)C1O)C(O)/C=C/CC/C=C/CCCCCCCCCCCCCCCCCCCCCCCCCC. The normalized spacial score (nSPS) is 21.9. The summed E-state index contributed by atoms with van der Waals surface area (Å²) >= 11 is 0. The summed E-state index contributed by atoms with van der Waals surface area (Å²) in [4.78, 5) is 13.4. The second-order valence-electron chi connectivity index (χ2n) is 30.7. The zero-order valence-electron chi connectivity index (χ0n) is 65.4. The van der Waals surface area contributed by atoms with Gasteiger partial charge in [0, 0.05) is 6.42 Å². The molecular weight excluding hydrogens is 1270 g/mol. The van der Waals surface area contributed by atoms with Crippen LogP contribution in [0.5, 0.6) is 0 Å². The number of ether oxygens (including phenoxy) is 4. The Hall–Kier alpha value is -2.05. The van der Waals surface area contributed by atoms with Gasteiger partial charge in [0.2, 0.25) is 5.91 Å². The lowest BCUT2D eigenvalue weighted by Gasteiger charge is -2.46. The van der Waals surface area contributed by atoms with E-state index < -0.39 is 86.8 Å². The van der Waals surface area contributed by atoms with Gasteiger partial charge in [0.05, 0.1) is 32.0 Å². The third-order valence-electron chi connectivity index (χ3n) is 21.2. The summed E-state index contributed by atoms with van der Waals surface area (Å²) in [5.74, 6) is -0.241. The highest BCUT2D eigenvalue weighted by Gasteiger charge is 2.51. The van der Waals surface area contributed by atoms with E-state index in [1.165, 1.54) is 334 Å². The summed E-state index contributed by atoms with van der Waals surface area (Å²) in [7, 11) is 0. The summed E-state index contributed by atoms with van der Waals surface area (Å²) in [5, 5.41) is 87.8. The third-order valence-corrected chi connectivity index (χ3v) is 21.2. The molecule has 2 fully saturated rings. The van der Waals surface area contributed by atoms with Crippen LogP contribution in [0.3, 0.4) is 0 Å². The monoisotopic (exact) mass is 1430 g/mol. The number of nitrogens with one attached hydrogen (secondary N) is 1. The Morgan fingerprint density at radius 2 is 0.663 bits per heavy atom. The van der Waals surface area contributed by atoms with E-state index in [1.807, 2.05) is 6.08 Å². The van der Waals surface area contributed by atoms with Crippen molar-refractivity contribution in [3.8, 4) is 0 Å². The lowest BCUT2D eigenvalue weighted by atomic mass is 9.97. The number of aliphatic hydroxyl groups is 8. The van der Waals surface area contributed by atoms with E-state index in [-0.39, 0.29) is 18.9 Å². The Morgan fingerprint density at radius 1 is 0.356 bits per heavy atom. The van der Waals surface area contributed by atoms with Crippen LogP contribution in [0.1, 0.15) is 406 Å². The van der Waals surface area contributed by atoms with Crippen molar-refractivity contribution in [3.63, 3.8) is 0 Å². The summed E-state index contributed by atoms with van der Waals surface area (Å²) in [6, 6.07) is -0.933. The van der Waals surface area contributed by atoms with Crippen LogP contribution >= 0.6 is 0 Å². The number of aliphatic hydroxyl groups excluding tert-OH is 8. The summed E-state index contributed by atoms with van der Waals surface area (Å²) in [6.45, 7) is 2.84. The minimum Gasteiger partial charge on any atom is -0.394 e. The van der Waals surface area contributed by atoms with E-state index in [4.69, 9.17) is 18.9 Å². The van der Waals surface area contributed by atoms with E-state index in [1.54, 1.807) is 6.08 Å². The molecule has 14 heteroatoms. The number of hydrogen-bond donors (Lipinski definition) is 9. The van der Waals surface area contributed by atoms with Crippen LogP contribution in [0.25, 0.3) is 0 Å². The minimum absolute atomic E-state index is 0.241. The number of carbonyl (C=O) groups excluding carboxylic acids is 1. The lowest BCUT2D eigenvalue weighted by Crippen LogP contribution is -2.65. The maximum atomic E-state index is 13.4. The molecule has 1 amide bonds. The zero-order valence-corrected chi connectivity index (χ0v) is 65.4. The van der Waals surface area contributed by atoms with E-state index in [9.17, 15) is 45.6 Å². The van der Waals surface area contributed by atoms with Gasteiger partial charge in [-0.2, -0.15) is 0 Å². The standard InChI is InChI=1S/C87H163NO13/c1-3-5-7-9-11-13-15-17-19-21-23-25-27-29-31-33-35-36-37-38-39-40-41-43-45-47-49-51-53-55-57-59-61-63-65-67-69-71-79(92)88-75(74-98-86-84(97)82(95)85(78(73-90)100-86)101-87-83(96)81(94)80(93)77(72-89)99-87)76(91)70-68-66-64-62-60-58-56-54-52-50-48-46-44-42-34-32-30-28-26-24-22-20-18-16-14-12-10-8-6-4-2/h15,17,21,23,60,62,68,70,75-78,80-87,89-91,93-97H,3-14,16,18-20,22,24-59,61,63-67,69,71-74H2,1-2H3,(H,88,92)/b17-15-,23-21-,62-60+,70-68+. The predicted octanol–water partition coefficient (Wildman–Crippen LogP) is 20.5. The van der Waals surface area contributed by atoms with Crippen LogP contribution in [0.4, 0.5) is 0 Å². The molecule has 0 saturated carbocycles. The van der Waals surface area contributed by atoms with Crippen LogP contribution in [-0.4, -0.2) is 140 Å². The molecule has 594 valence electrons. The van der Waals surface area contributed by atoms with Gasteiger partial charge in [-0.3, -0.25) is 4.79 Å². The molecule has 12 unspecified atom stereocenters. The van der Waals surface area contributed by atoms with Crippen LogP contribution in [0.2, 0.25) is 0 Å². The molecule has 0 bridgehead atoms. The van der Waals surface area contributed by atoms with E-state index in [2.05, 4.69) is 55.6 Å². The highest BCUT2D eigenvalue weighted by atomic mass is 16.7. The number of unbranched alkanes of at least 4 members (excludes halogenated alkanes) is 55. The fourth-order valence-corrected chi connectivity index (χ4v) is 14.4. The van der Waals surface area contributed by atoms with Gasteiger partial charge in [0.1, 0.15) is 48.8 Å². The predicted molar refractivity (Wildman–Crippen MR) is 420 cm³/mol. The molecular formula is C87H163NO13. The van der Waals surface area contributed by atoms with Gasteiger partial charge in [0.25, 0.3) is 0 Å². The van der Waals surface area contributed by atoms with Crippen molar-refractivity contribution >= 4 is 5.91 Å². The smallest absolute Gasteiger partial charge is 0.220 e. The van der Waals surface area contributed by atoms with Crippen molar-refractivity contribution in [1.82, 2.24) is 5.32 Å². The van der Waals surface area contributed by atoms with Crippen LogP contribution < -0.4 is 5.32 Å². The van der Waals surface area contributed by atoms with Crippen LogP contribution in [0.15, 0.2) is 48.6 Å². The van der Waals surface area contributed by atoms with Gasteiger partial charge >= 0.3 is 0 Å². The second-order valence-corrected chi connectivity index (χ2v) is 30.7. The first-order chi connectivity index (χ1) is 49.6. The second kappa shape index (κ2) is 70.9. The number of rotatable bonds is 74. The number of hydrogen-bond acceptors (Lipinski definition) is 13. The highest BCUT2D eigenvalue weighted by molar-refractivity contribution is 5.76. The molecule has 14 nitrogen and oxygen atoms in total. The third kappa shape index (κ3) is 53.4. The van der Waals surface area contributed by atoms with Gasteiger partial charge < -0.3 is 65.1 Å². The largest absolute Gasteiger partial charge is 0.394 e. The Kier molecular flexibility index (Phi) is 66.7. The van der Waals surface area contributed by atoms with Gasteiger partial charge in [-0.1, -0.05) is 383 Å². The van der Waals surface area contributed by atoms with Crippen molar-refractivity contribution < 1.29 is 64.6 Å². The van der Waals surface area contributed by atoms with Crippen molar-refractivity contribution in [3.05, 3.63) is 48.6 Å². The Balaban J connectivity index is 1.58. The molecule has 2 saturated heterocycles. The Morgan fingerprint density at radius 3 is 1.03 bits per heavy atom. The molecule has 2 aliphatic heterocycles. The number of amides is 1. The van der Waals surface area contributed by atoms with Gasteiger partial charge in [-0.05, 0) is 64.2 Å². The summed E-state index contributed by atoms with van der Waals surface area (Å²) < 4.78 is 22.9. The molecule has 0 spiro atoms. The minimum atomic E-state index is -1.79. The first-order valence-corrected chi connectivity index (χ1v) is 43.4. The van der Waals surface area contributed by atoms with Gasteiger partial charge in [-0.15, -0.1) is 0 Å². The Bertz CT molecular complexity index is 1880. The molecule has 2 heterocycles. The van der Waals surface area contributed by atoms with Crippen molar-refractivity contribution in [2.24, 2.45) is 0 Å². The molecule has 0 radical (unpaired) electrons. The molecule has 12 atom stereocenters. The topological polar surface area (TPSA) is 228 Å². The maximum Gasteiger partial charge on any atom is 0.220 e. The lowest BCUT2D eigenvalue weighted by molar-refractivity contribution is -0.359. The van der Waals surface area contributed by atoms with Crippen molar-refractivity contribution in [1.29, 1.82) is 0 Å². The average molecular weight is 1430 g/mol. The molecule has 2 rings (SSSR count). The molecule has 101 heavy (non-hydrogen) atoms. The number of allylic oxidation sites excluding steroid dienone is 7.